The van der Waals surface area contributed by atoms with Crippen LogP contribution in [-0.4, -0.2) is 21.8 Å². The number of hydrogen-bond acceptors (Lipinski definition) is 4. The molecule has 1 aromatic carbocycles. The molecule has 1 heterocycles. The Morgan fingerprint density at radius 3 is 2.86 bits per heavy atom. The van der Waals surface area contributed by atoms with Gasteiger partial charge in [0.05, 0.1) is 31.4 Å². The number of rotatable bonds is 6. The lowest BCUT2D eigenvalue weighted by atomic mass is 10.1. The Kier molecular flexibility index (Phi) is 3.84. The smallest absolute Gasteiger partial charge is 0.161 e. The molecule has 1 atom stereocenters. The first kappa shape index (κ1) is 13.9. The van der Waals surface area contributed by atoms with E-state index in [-0.39, 0.29) is 0 Å². The number of nitrogens with zero attached hydrogens (tertiary/aromatic N) is 2. The summed E-state index contributed by atoms with van der Waals surface area (Å²) in [7, 11) is 1.60. The van der Waals surface area contributed by atoms with E-state index < -0.39 is 6.10 Å². The van der Waals surface area contributed by atoms with Crippen molar-refractivity contribution < 1.29 is 14.6 Å². The molecular weight excluding hydrogens is 268 g/mol. The molecule has 0 aliphatic heterocycles. The van der Waals surface area contributed by atoms with E-state index in [0.717, 1.165) is 11.3 Å². The van der Waals surface area contributed by atoms with Crippen molar-refractivity contribution in [1.82, 2.24) is 9.55 Å². The summed E-state index contributed by atoms with van der Waals surface area (Å²) in [5.74, 6) is 1.30. The highest BCUT2D eigenvalue weighted by Gasteiger charge is 2.25. The summed E-state index contributed by atoms with van der Waals surface area (Å²) in [6.45, 7) is 2.18. The fraction of sp³-hybridized carbons (Fsp3) is 0.438. The summed E-state index contributed by atoms with van der Waals surface area (Å²) < 4.78 is 13.4. The quantitative estimate of drug-likeness (QED) is 0.888. The lowest BCUT2D eigenvalue weighted by molar-refractivity contribution is 0.198. The first-order valence-electron chi connectivity index (χ1n) is 7.18. The molecular formula is C16H20N2O3. The minimum atomic E-state index is -0.524. The van der Waals surface area contributed by atoms with Gasteiger partial charge in [-0.1, -0.05) is 6.07 Å². The Morgan fingerprint density at radius 2 is 2.19 bits per heavy atom. The van der Waals surface area contributed by atoms with Gasteiger partial charge in [-0.15, -0.1) is 0 Å². The molecule has 0 radical (unpaired) electrons. The first-order chi connectivity index (χ1) is 10.2. The van der Waals surface area contributed by atoms with Gasteiger partial charge in [-0.25, -0.2) is 4.98 Å². The van der Waals surface area contributed by atoms with Crippen LogP contribution in [0.1, 0.15) is 43.2 Å². The number of ether oxygens (including phenoxy) is 2. The highest BCUT2D eigenvalue weighted by Crippen LogP contribution is 2.36. The number of aromatic nitrogens is 2. The van der Waals surface area contributed by atoms with Crippen LogP contribution < -0.4 is 9.47 Å². The fourth-order valence-corrected chi connectivity index (χ4v) is 2.34. The summed E-state index contributed by atoms with van der Waals surface area (Å²) >= 11 is 0. The Labute approximate surface area is 124 Å². The largest absolute Gasteiger partial charge is 0.493 e. The first-order valence-corrected chi connectivity index (χ1v) is 7.18. The Morgan fingerprint density at radius 1 is 1.38 bits per heavy atom. The molecule has 1 fully saturated rings. The van der Waals surface area contributed by atoms with E-state index in [0.29, 0.717) is 24.1 Å². The maximum absolute atomic E-state index is 9.61. The molecule has 1 aromatic heterocycles. The summed E-state index contributed by atoms with van der Waals surface area (Å²) in [5, 5.41) is 9.61. The molecule has 21 heavy (non-hydrogen) atoms. The van der Waals surface area contributed by atoms with Gasteiger partial charge in [0.15, 0.2) is 11.5 Å². The standard InChI is InChI=1S/C16H20N2O3/c1-11(19)12-3-6-15(16(7-12)20-2)21-9-14-8-17-10-18(14)13-4-5-13/h3,6-8,10-11,13,19H,4-5,9H2,1-2H3/t11-/m0/s1. The lowest BCUT2D eigenvalue weighted by Crippen LogP contribution is -2.04. The van der Waals surface area contributed by atoms with Gasteiger partial charge in [-0.05, 0) is 37.5 Å². The molecule has 0 spiro atoms. The zero-order chi connectivity index (χ0) is 14.8. The van der Waals surface area contributed by atoms with Crippen LogP contribution in [0.3, 0.4) is 0 Å². The topological polar surface area (TPSA) is 56.5 Å². The van der Waals surface area contributed by atoms with Gasteiger partial charge in [0, 0.05) is 6.04 Å². The number of hydrogen-bond donors (Lipinski definition) is 1. The van der Waals surface area contributed by atoms with Crippen molar-refractivity contribution in [3.8, 4) is 11.5 Å². The number of imidazole rings is 1. The molecule has 1 saturated carbocycles. The normalized spacial score (nSPS) is 15.8. The fourth-order valence-electron chi connectivity index (χ4n) is 2.34. The SMILES string of the molecule is COc1cc([C@H](C)O)ccc1OCc1cncn1C1CC1. The summed E-state index contributed by atoms with van der Waals surface area (Å²) in [4.78, 5) is 4.19. The molecule has 0 saturated heterocycles. The molecule has 0 unspecified atom stereocenters. The van der Waals surface area contributed by atoms with E-state index in [1.807, 2.05) is 24.7 Å². The van der Waals surface area contributed by atoms with E-state index >= 15 is 0 Å². The van der Waals surface area contributed by atoms with Gasteiger partial charge in [-0.3, -0.25) is 0 Å². The number of benzene rings is 1. The van der Waals surface area contributed by atoms with Crippen LogP contribution in [0.25, 0.3) is 0 Å². The molecule has 1 aliphatic carbocycles. The maximum atomic E-state index is 9.61. The average molecular weight is 288 g/mol. The highest BCUT2D eigenvalue weighted by molar-refractivity contribution is 5.43. The van der Waals surface area contributed by atoms with Crippen molar-refractivity contribution in [3.05, 3.63) is 42.0 Å². The molecule has 0 amide bonds. The van der Waals surface area contributed by atoms with Crippen LogP contribution in [0, 0.1) is 0 Å². The lowest BCUT2D eigenvalue weighted by Gasteiger charge is -2.14. The summed E-state index contributed by atoms with van der Waals surface area (Å²) in [5.41, 5.74) is 1.88. The third-order valence-corrected chi connectivity index (χ3v) is 3.73. The Hall–Kier alpha value is -2.01. The van der Waals surface area contributed by atoms with Gasteiger partial charge >= 0.3 is 0 Å². The predicted molar refractivity (Wildman–Crippen MR) is 78.5 cm³/mol. The second-order valence-corrected chi connectivity index (χ2v) is 5.40. The van der Waals surface area contributed by atoms with Crippen LogP contribution >= 0.6 is 0 Å². The van der Waals surface area contributed by atoms with E-state index in [2.05, 4.69) is 9.55 Å². The van der Waals surface area contributed by atoms with E-state index in [1.165, 1.54) is 12.8 Å². The third kappa shape index (κ3) is 3.03. The van der Waals surface area contributed by atoms with Gasteiger partial charge < -0.3 is 19.1 Å². The van der Waals surface area contributed by atoms with Crippen molar-refractivity contribution >= 4 is 0 Å². The minimum Gasteiger partial charge on any atom is -0.493 e. The molecule has 1 aliphatic rings. The zero-order valence-corrected chi connectivity index (χ0v) is 12.3. The van der Waals surface area contributed by atoms with Crippen LogP contribution in [0.5, 0.6) is 11.5 Å². The highest BCUT2D eigenvalue weighted by atomic mass is 16.5. The average Bonchev–Trinajstić information content (AvgIpc) is 3.23. The van der Waals surface area contributed by atoms with Crippen molar-refractivity contribution in [3.63, 3.8) is 0 Å². The van der Waals surface area contributed by atoms with Gasteiger partial charge in [0.2, 0.25) is 0 Å². The van der Waals surface area contributed by atoms with Gasteiger partial charge in [0.25, 0.3) is 0 Å². The van der Waals surface area contributed by atoms with Crippen molar-refractivity contribution in [2.75, 3.05) is 7.11 Å². The predicted octanol–water partition coefficient (Wildman–Crippen LogP) is 2.86. The van der Waals surface area contributed by atoms with Crippen LogP contribution in [0.2, 0.25) is 0 Å². The van der Waals surface area contributed by atoms with Crippen LogP contribution in [0.4, 0.5) is 0 Å². The molecule has 3 rings (SSSR count). The summed E-state index contributed by atoms with van der Waals surface area (Å²) in [6, 6.07) is 6.07. The second-order valence-electron chi connectivity index (χ2n) is 5.40. The molecule has 2 aromatic rings. The van der Waals surface area contributed by atoms with Gasteiger partial charge in [0.1, 0.15) is 6.61 Å². The third-order valence-electron chi connectivity index (χ3n) is 3.73. The van der Waals surface area contributed by atoms with Crippen molar-refractivity contribution in [2.45, 2.75) is 38.5 Å². The zero-order valence-electron chi connectivity index (χ0n) is 12.3. The Bertz CT molecular complexity index is 618. The molecule has 1 N–H and O–H groups in total. The monoisotopic (exact) mass is 288 g/mol. The van der Waals surface area contributed by atoms with Crippen molar-refractivity contribution in [1.29, 1.82) is 0 Å². The molecule has 112 valence electrons. The summed E-state index contributed by atoms with van der Waals surface area (Å²) in [6.07, 6.45) is 5.62. The van der Waals surface area contributed by atoms with Gasteiger partial charge in [-0.2, -0.15) is 0 Å². The van der Waals surface area contributed by atoms with Crippen LogP contribution in [-0.2, 0) is 6.61 Å². The minimum absolute atomic E-state index is 0.459. The van der Waals surface area contributed by atoms with Crippen molar-refractivity contribution in [2.24, 2.45) is 0 Å². The van der Waals surface area contributed by atoms with E-state index in [4.69, 9.17) is 9.47 Å². The van der Waals surface area contributed by atoms with E-state index in [9.17, 15) is 5.11 Å². The number of aliphatic hydroxyl groups excluding tert-OH is 1. The molecule has 5 nitrogen and oxygen atoms in total. The van der Waals surface area contributed by atoms with E-state index in [1.54, 1.807) is 20.1 Å². The molecule has 0 bridgehead atoms. The second kappa shape index (κ2) is 5.77. The maximum Gasteiger partial charge on any atom is 0.161 e. The number of aliphatic hydroxyl groups is 1. The number of methoxy groups -OCH3 is 1. The Balaban J connectivity index is 1.73. The van der Waals surface area contributed by atoms with Crippen LogP contribution in [0.15, 0.2) is 30.7 Å². The molecule has 5 heteroatoms.